The van der Waals surface area contributed by atoms with E-state index in [-0.39, 0.29) is 0 Å². The Morgan fingerprint density at radius 2 is 2.18 bits per heavy atom. The minimum absolute atomic E-state index is 0.471. The maximum absolute atomic E-state index is 10.1. The van der Waals surface area contributed by atoms with E-state index >= 15 is 0 Å². The second-order valence-corrected chi connectivity index (χ2v) is 4.66. The molecule has 0 bridgehead atoms. The highest BCUT2D eigenvalue weighted by Gasteiger charge is 2.19. The number of nitrogen functional groups attached to an aromatic ring is 1. The molecule has 0 spiro atoms. The molecule has 4 nitrogen and oxygen atoms in total. The zero-order valence-corrected chi connectivity index (χ0v) is 10.8. The summed E-state index contributed by atoms with van der Waals surface area (Å²) in [4.78, 5) is 0. The van der Waals surface area contributed by atoms with Gasteiger partial charge in [-0.3, -0.25) is 0 Å². The SMILES string of the molecule is COCCC(C)(O)CNc1ccc(C)c(N)c1. The molecular weight excluding hydrogens is 216 g/mol. The largest absolute Gasteiger partial charge is 0.398 e. The third-order valence-electron chi connectivity index (χ3n) is 2.80. The van der Waals surface area contributed by atoms with Crippen LogP contribution in [0.15, 0.2) is 18.2 Å². The summed E-state index contributed by atoms with van der Waals surface area (Å²) in [5, 5.41) is 13.2. The van der Waals surface area contributed by atoms with Crippen LogP contribution in [0, 0.1) is 6.92 Å². The van der Waals surface area contributed by atoms with Gasteiger partial charge in [0.2, 0.25) is 0 Å². The first kappa shape index (κ1) is 13.8. The first-order chi connectivity index (χ1) is 7.94. The van der Waals surface area contributed by atoms with Crippen LogP contribution in [0.4, 0.5) is 11.4 Å². The van der Waals surface area contributed by atoms with Gasteiger partial charge in [-0.05, 0) is 31.5 Å². The predicted molar refractivity (Wildman–Crippen MR) is 71.2 cm³/mol. The molecule has 0 aliphatic heterocycles. The van der Waals surface area contributed by atoms with Crippen molar-refractivity contribution in [3.8, 4) is 0 Å². The van der Waals surface area contributed by atoms with Crippen molar-refractivity contribution < 1.29 is 9.84 Å². The van der Waals surface area contributed by atoms with Crippen molar-refractivity contribution >= 4 is 11.4 Å². The standard InChI is InChI=1S/C13H22N2O2/c1-10-4-5-11(8-12(10)14)15-9-13(2,16)6-7-17-3/h4-5,8,15-16H,6-7,9,14H2,1-3H3. The number of methoxy groups -OCH3 is 1. The molecule has 0 aromatic heterocycles. The number of aryl methyl sites for hydroxylation is 1. The molecule has 0 aliphatic rings. The van der Waals surface area contributed by atoms with Crippen LogP contribution >= 0.6 is 0 Å². The summed E-state index contributed by atoms with van der Waals surface area (Å²) in [6.07, 6.45) is 0.595. The second kappa shape index (κ2) is 5.89. The number of hydrogen-bond acceptors (Lipinski definition) is 4. The molecule has 0 amide bonds. The summed E-state index contributed by atoms with van der Waals surface area (Å²) < 4.78 is 4.96. The van der Waals surface area contributed by atoms with Gasteiger partial charge in [-0.25, -0.2) is 0 Å². The van der Waals surface area contributed by atoms with Gasteiger partial charge in [0, 0.05) is 38.1 Å². The Balaban J connectivity index is 2.51. The molecule has 0 heterocycles. The van der Waals surface area contributed by atoms with E-state index in [1.807, 2.05) is 25.1 Å². The second-order valence-electron chi connectivity index (χ2n) is 4.66. The van der Waals surface area contributed by atoms with Gasteiger partial charge in [-0.1, -0.05) is 6.07 Å². The number of rotatable bonds is 6. The van der Waals surface area contributed by atoms with Crippen LogP contribution in [0.3, 0.4) is 0 Å². The van der Waals surface area contributed by atoms with Gasteiger partial charge in [0.1, 0.15) is 0 Å². The quantitative estimate of drug-likeness (QED) is 0.661. The van der Waals surface area contributed by atoms with Crippen molar-refractivity contribution in [1.29, 1.82) is 0 Å². The summed E-state index contributed by atoms with van der Waals surface area (Å²) in [5.41, 5.74) is 7.77. The monoisotopic (exact) mass is 238 g/mol. The maximum Gasteiger partial charge on any atom is 0.0813 e. The minimum atomic E-state index is -0.782. The molecule has 1 rings (SSSR count). The summed E-state index contributed by atoms with van der Waals surface area (Å²) in [5.74, 6) is 0. The van der Waals surface area contributed by atoms with Crippen LogP contribution < -0.4 is 11.1 Å². The van der Waals surface area contributed by atoms with E-state index in [2.05, 4.69) is 5.32 Å². The number of aliphatic hydroxyl groups is 1. The molecule has 1 aromatic rings. The van der Waals surface area contributed by atoms with Crippen LogP contribution in [-0.4, -0.2) is 31.0 Å². The Morgan fingerprint density at radius 1 is 1.47 bits per heavy atom. The Morgan fingerprint density at radius 3 is 2.76 bits per heavy atom. The number of benzene rings is 1. The lowest BCUT2D eigenvalue weighted by Gasteiger charge is -2.24. The van der Waals surface area contributed by atoms with E-state index in [9.17, 15) is 5.11 Å². The molecule has 4 heteroatoms. The van der Waals surface area contributed by atoms with E-state index in [1.54, 1.807) is 14.0 Å². The normalized spacial score (nSPS) is 14.4. The number of nitrogens with two attached hydrogens (primary N) is 1. The molecule has 0 fully saturated rings. The molecule has 0 saturated heterocycles. The molecule has 1 aromatic carbocycles. The van der Waals surface area contributed by atoms with Crippen molar-refractivity contribution in [2.24, 2.45) is 0 Å². The van der Waals surface area contributed by atoms with Crippen molar-refractivity contribution in [2.45, 2.75) is 25.9 Å². The van der Waals surface area contributed by atoms with E-state index in [4.69, 9.17) is 10.5 Å². The van der Waals surface area contributed by atoms with E-state index in [0.29, 0.717) is 19.6 Å². The van der Waals surface area contributed by atoms with Crippen molar-refractivity contribution in [3.05, 3.63) is 23.8 Å². The zero-order valence-electron chi connectivity index (χ0n) is 10.8. The summed E-state index contributed by atoms with van der Waals surface area (Å²) in [6, 6.07) is 5.79. The molecule has 96 valence electrons. The summed E-state index contributed by atoms with van der Waals surface area (Å²) in [7, 11) is 1.63. The number of ether oxygens (including phenoxy) is 1. The molecule has 1 unspecified atom stereocenters. The highest BCUT2D eigenvalue weighted by molar-refractivity contribution is 5.58. The summed E-state index contributed by atoms with van der Waals surface area (Å²) in [6.45, 7) is 4.77. The van der Waals surface area contributed by atoms with Crippen molar-refractivity contribution in [3.63, 3.8) is 0 Å². The molecule has 1 atom stereocenters. The fourth-order valence-corrected chi connectivity index (χ4v) is 1.45. The highest BCUT2D eigenvalue weighted by atomic mass is 16.5. The van der Waals surface area contributed by atoms with Crippen LogP contribution in [0.25, 0.3) is 0 Å². The molecule has 4 N–H and O–H groups in total. The third-order valence-corrected chi connectivity index (χ3v) is 2.80. The lowest BCUT2D eigenvalue weighted by molar-refractivity contribution is 0.0357. The number of nitrogens with one attached hydrogen (secondary N) is 1. The molecule has 0 aliphatic carbocycles. The average molecular weight is 238 g/mol. The Hall–Kier alpha value is -1.26. The van der Waals surface area contributed by atoms with Crippen LogP contribution in [0.5, 0.6) is 0 Å². The average Bonchev–Trinajstić information content (AvgIpc) is 2.28. The van der Waals surface area contributed by atoms with Gasteiger partial charge in [0.15, 0.2) is 0 Å². The van der Waals surface area contributed by atoms with Crippen LogP contribution in [0.1, 0.15) is 18.9 Å². The van der Waals surface area contributed by atoms with Crippen molar-refractivity contribution in [2.75, 3.05) is 31.3 Å². The van der Waals surface area contributed by atoms with Gasteiger partial charge in [-0.2, -0.15) is 0 Å². The minimum Gasteiger partial charge on any atom is -0.398 e. The Labute approximate surface area is 103 Å². The lowest BCUT2D eigenvalue weighted by atomic mass is 10.0. The predicted octanol–water partition coefficient (Wildman–Crippen LogP) is 1.78. The first-order valence-electron chi connectivity index (χ1n) is 5.76. The van der Waals surface area contributed by atoms with E-state index < -0.39 is 5.60 Å². The topological polar surface area (TPSA) is 67.5 Å². The van der Waals surface area contributed by atoms with Gasteiger partial charge in [-0.15, -0.1) is 0 Å². The van der Waals surface area contributed by atoms with E-state index in [1.165, 1.54) is 0 Å². The molecule has 0 radical (unpaired) electrons. The van der Waals surface area contributed by atoms with E-state index in [0.717, 1.165) is 16.9 Å². The van der Waals surface area contributed by atoms with Gasteiger partial charge < -0.3 is 20.9 Å². The smallest absolute Gasteiger partial charge is 0.0813 e. The molecular formula is C13H22N2O2. The third kappa shape index (κ3) is 4.63. The van der Waals surface area contributed by atoms with Gasteiger partial charge in [0.05, 0.1) is 5.60 Å². The lowest BCUT2D eigenvalue weighted by Crippen LogP contribution is -2.34. The van der Waals surface area contributed by atoms with Crippen LogP contribution in [0.2, 0.25) is 0 Å². The van der Waals surface area contributed by atoms with Gasteiger partial charge >= 0.3 is 0 Å². The Kier molecular flexibility index (Phi) is 4.78. The Bertz CT molecular complexity index is 364. The molecule has 0 saturated carbocycles. The fraction of sp³-hybridized carbons (Fsp3) is 0.538. The van der Waals surface area contributed by atoms with Crippen LogP contribution in [-0.2, 0) is 4.74 Å². The number of anilines is 2. The fourth-order valence-electron chi connectivity index (χ4n) is 1.45. The maximum atomic E-state index is 10.1. The molecule has 17 heavy (non-hydrogen) atoms. The van der Waals surface area contributed by atoms with Crippen molar-refractivity contribution in [1.82, 2.24) is 0 Å². The van der Waals surface area contributed by atoms with Gasteiger partial charge in [0.25, 0.3) is 0 Å². The summed E-state index contributed by atoms with van der Waals surface area (Å²) >= 11 is 0. The first-order valence-corrected chi connectivity index (χ1v) is 5.76. The number of hydrogen-bond donors (Lipinski definition) is 3. The highest BCUT2D eigenvalue weighted by Crippen LogP contribution is 2.18. The zero-order chi connectivity index (χ0) is 12.9.